The minimum absolute atomic E-state index is 0.124. The van der Waals surface area contributed by atoms with Crippen molar-refractivity contribution < 1.29 is 14.3 Å². The Morgan fingerprint density at radius 3 is 2.65 bits per heavy atom. The summed E-state index contributed by atoms with van der Waals surface area (Å²) in [6.07, 6.45) is 2.53. The molecule has 0 spiro atoms. The van der Waals surface area contributed by atoms with Crippen LogP contribution in [-0.2, 0) is 9.53 Å². The van der Waals surface area contributed by atoms with E-state index in [1.807, 2.05) is 0 Å². The summed E-state index contributed by atoms with van der Waals surface area (Å²) in [4.78, 5) is 23.3. The average molecular weight is 335 g/mol. The van der Waals surface area contributed by atoms with Gasteiger partial charge in [-0.05, 0) is 49.3 Å². The van der Waals surface area contributed by atoms with Crippen LogP contribution >= 0.6 is 12.2 Å². The fourth-order valence-electron chi connectivity index (χ4n) is 2.20. The highest BCUT2D eigenvalue weighted by molar-refractivity contribution is 7.80. The Bertz CT molecular complexity index is 568. The second kappa shape index (κ2) is 8.59. The van der Waals surface area contributed by atoms with Gasteiger partial charge in [0, 0.05) is 30.8 Å². The predicted molar refractivity (Wildman–Crippen MR) is 92.4 cm³/mol. The van der Waals surface area contributed by atoms with Crippen LogP contribution in [0, 0.1) is 0 Å². The highest BCUT2D eigenvalue weighted by Crippen LogP contribution is 2.12. The van der Waals surface area contributed by atoms with Crippen molar-refractivity contribution in [3.8, 4) is 0 Å². The van der Waals surface area contributed by atoms with E-state index in [1.165, 1.54) is 0 Å². The van der Waals surface area contributed by atoms with Crippen LogP contribution in [0.3, 0.4) is 0 Å². The molecule has 1 unspecified atom stereocenters. The molecule has 6 nitrogen and oxygen atoms in total. The fourth-order valence-corrected chi connectivity index (χ4v) is 2.43. The highest BCUT2D eigenvalue weighted by atomic mass is 32.1. The molecule has 1 saturated heterocycles. The van der Waals surface area contributed by atoms with Crippen molar-refractivity contribution in [2.45, 2.75) is 32.3 Å². The largest absolute Gasteiger partial charge is 0.376 e. The molecule has 2 rings (SSSR count). The molecule has 0 saturated carbocycles. The van der Waals surface area contributed by atoms with Crippen LogP contribution in [0.4, 0.5) is 5.69 Å². The Balaban J connectivity index is 1.82. The zero-order valence-electron chi connectivity index (χ0n) is 13.1. The van der Waals surface area contributed by atoms with E-state index in [0.717, 1.165) is 19.4 Å². The monoisotopic (exact) mass is 335 g/mol. The third-order valence-electron chi connectivity index (χ3n) is 3.49. The second-order valence-electron chi connectivity index (χ2n) is 5.28. The maximum absolute atomic E-state index is 12.0. The maximum Gasteiger partial charge on any atom is 0.251 e. The third kappa shape index (κ3) is 5.61. The molecule has 1 heterocycles. The Morgan fingerprint density at radius 1 is 1.30 bits per heavy atom. The number of carbonyl (C=O) groups is 2. The smallest absolute Gasteiger partial charge is 0.251 e. The predicted octanol–water partition coefficient (Wildman–Crippen LogP) is 1.82. The molecule has 0 bridgehead atoms. The van der Waals surface area contributed by atoms with Crippen LogP contribution in [0.2, 0.25) is 0 Å². The molecule has 1 aromatic carbocycles. The first-order valence-corrected chi connectivity index (χ1v) is 8.10. The van der Waals surface area contributed by atoms with Gasteiger partial charge in [-0.1, -0.05) is 6.92 Å². The number of nitrogens with one attached hydrogen (secondary N) is 3. The lowest BCUT2D eigenvalue weighted by Crippen LogP contribution is -2.33. The molecular weight excluding hydrogens is 314 g/mol. The van der Waals surface area contributed by atoms with Gasteiger partial charge in [0.1, 0.15) is 0 Å². The summed E-state index contributed by atoms with van der Waals surface area (Å²) >= 11 is 5.03. The van der Waals surface area contributed by atoms with Gasteiger partial charge in [-0.2, -0.15) is 0 Å². The van der Waals surface area contributed by atoms with E-state index < -0.39 is 0 Å². The van der Waals surface area contributed by atoms with Crippen LogP contribution in [0.25, 0.3) is 0 Å². The lowest BCUT2D eigenvalue weighted by molar-refractivity contribution is -0.119. The summed E-state index contributed by atoms with van der Waals surface area (Å²) in [6, 6.07) is 6.89. The molecule has 1 aliphatic heterocycles. The minimum atomic E-state index is -0.146. The zero-order valence-corrected chi connectivity index (χ0v) is 13.9. The van der Waals surface area contributed by atoms with Crippen molar-refractivity contribution in [2.75, 3.05) is 18.5 Å². The van der Waals surface area contributed by atoms with Crippen molar-refractivity contribution in [2.24, 2.45) is 0 Å². The van der Waals surface area contributed by atoms with Gasteiger partial charge in [0.25, 0.3) is 5.91 Å². The quantitative estimate of drug-likeness (QED) is 0.715. The van der Waals surface area contributed by atoms with Gasteiger partial charge in [0.2, 0.25) is 5.91 Å². The fraction of sp³-hybridized carbons (Fsp3) is 0.438. The maximum atomic E-state index is 12.0. The van der Waals surface area contributed by atoms with E-state index in [-0.39, 0.29) is 23.0 Å². The van der Waals surface area contributed by atoms with Crippen molar-refractivity contribution in [3.05, 3.63) is 29.8 Å². The third-order valence-corrected chi connectivity index (χ3v) is 3.70. The molecule has 0 aromatic heterocycles. The molecule has 1 atom stereocenters. The van der Waals surface area contributed by atoms with Gasteiger partial charge in [0.05, 0.1) is 6.10 Å². The Kier molecular flexibility index (Phi) is 6.49. The molecule has 7 heteroatoms. The first-order chi connectivity index (χ1) is 11.1. The lowest BCUT2D eigenvalue weighted by atomic mass is 10.2. The molecule has 23 heavy (non-hydrogen) atoms. The summed E-state index contributed by atoms with van der Waals surface area (Å²) in [5.41, 5.74) is 1.28. The number of hydrogen-bond acceptors (Lipinski definition) is 4. The standard InChI is InChI=1S/C16H21N3O3S/c1-2-14(20)19-16(23)18-12-7-5-11(6-8-12)15(21)17-10-13-4-3-9-22-13/h5-8,13H,2-4,9-10H2,1H3,(H,17,21)(H2,18,19,20,23). The molecule has 0 radical (unpaired) electrons. The van der Waals surface area contributed by atoms with Crippen LogP contribution in [0.15, 0.2) is 24.3 Å². The SMILES string of the molecule is CCC(=O)NC(=S)Nc1ccc(C(=O)NCC2CCCO2)cc1. The van der Waals surface area contributed by atoms with Crippen LogP contribution in [0.5, 0.6) is 0 Å². The van der Waals surface area contributed by atoms with Crippen LogP contribution in [-0.4, -0.2) is 36.2 Å². The van der Waals surface area contributed by atoms with Gasteiger partial charge in [-0.3, -0.25) is 9.59 Å². The summed E-state index contributed by atoms with van der Waals surface area (Å²) in [5.74, 6) is -0.276. The number of anilines is 1. The molecule has 3 N–H and O–H groups in total. The minimum Gasteiger partial charge on any atom is -0.376 e. The Hall–Kier alpha value is -1.99. The molecule has 1 aromatic rings. The van der Waals surface area contributed by atoms with Gasteiger partial charge in [-0.15, -0.1) is 0 Å². The van der Waals surface area contributed by atoms with Gasteiger partial charge >= 0.3 is 0 Å². The summed E-state index contributed by atoms with van der Waals surface area (Å²) in [5, 5.41) is 8.56. The average Bonchev–Trinajstić information content (AvgIpc) is 3.06. The van der Waals surface area contributed by atoms with Crippen molar-refractivity contribution in [1.29, 1.82) is 0 Å². The van der Waals surface area contributed by atoms with Gasteiger partial charge in [0.15, 0.2) is 5.11 Å². The summed E-state index contributed by atoms with van der Waals surface area (Å²) in [7, 11) is 0. The molecule has 124 valence electrons. The normalized spacial score (nSPS) is 16.7. The van der Waals surface area contributed by atoms with Gasteiger partial charge < -0.3 is 20.7 Å². The van der Waals surface area contributed by atoms with Gasteiger partial charge in [-0.25, -0.2) is 0 Å². The molecular formula is C16H21N3O3S. The number of rotatable bonds is 5. The van der Waals surface area contributed by atoms with E-state index in [1.54, 1.807) is 31.2 Å². The second-order valence-corrected chi connectivity index (χ2v) is 5.69. The van der Waals surface area contributed by atoms with Crippen molar-refractivity contribution in [1.82, 2.24) is 10.6 Å². The first-order valence-electron chi connectivity index (χ1n) is 7.69. The molecule has 2 amide bonds. The van der Waals surface area contributed by atoms with Crippen molar-refractivity contribution >= 4 is 34.8 Å². The number of ether oxygens (including phenoxy) is 1. The number of thiocarbonyl (C=S) groups is 1. The molecule has 1 fully saturated rings. The topological polar surface area (TPSA) is 79.5 Å². The van der Waals surface area contributed by atoms with E-state index in [2.05, 4.69) is 16.0 Å². The lowest BCUT2D eigenvalue weighted by Gasteiger charge is -2.12. The number of benzene rings is 1. The Labute approximate surface area is 141 Å². The number of hydrogen-bond donors (Lipinski definition) is 3. The number of amides is 2. The van der Waals surface area contributed by atoms with Crippen LogP contribution < -0.4 is 16.0 Å². The van der Waals surface area contributed by atoms with Crippen molar-refractivity contribution in [3.63, 3.8) is 0 Å². The first kappa shape index (κ1) is 17.4. The summed E-state index contributed by atoms with van der Waals surface area (Å²) in [6.45, 7) is 3.06. The molecule has 1 aliphatic rings. The number of carbonyl (C=O) groups excluding carboxylic acids is 2. The highest BCUT2D eigenvalue weighted by Gasteiger charge is 2.16. The van der Waals surface area contributed by atoms with E-state index in [0.29, 0.717) is 24.2 Å². The zero-order chi connectivity index (χ0) is 16.7. The Morgan fingerprint density at radius 2 is 2.04 bits per heavy atom. The van der Waals surface area contributed by atoms with E-state index >= 15 is 0 Å². The summed E-state index contributed by atoms with van der Waals surface area (Å²) < 4.78 is 5.47. The van der Waals surface area contributed by atoms with Crippen LogP contribution in [0.1, 0.15) is 36.5 Å². The van der Waals surface area contributed by atoms with E-state index in [4.69, 9.17) is 17.0 Å². The van der Waals surface area contributed by atoms with E-state index in [9.17, 15) is 9.59 Å². The molecule has 0 aliphatic carbocycles.